The predicted octanol–water partition coefficient (Wildman–Crippen LogP) is 2.47. The minimum absolute atomic E-state index is 0.0224. The van der Waals surface area contributed by atoms with E-state index in [0.717, 1.165) is 12.8 Å². The smallest absolute Gasteiger partial charge is 0.317 e. The van der Waals surface area contributed by atoms with E-state index < -0.39 is 5.97 Å². The fraction of sp³-hybridized carbons (Fsp3) is 0.538. The predicted molar refractivity (Wildman–Crippen MR) is 66.7 cm³/mol. The Balaban J connectivity index is 2.89. The van der Waals surface area contributed by atoms with Gasteiger partial charge in [0.15, 0.2) is 0 Å². The molecule has 100 valence electrons. The molecule has 1 heterocycles. The van der Waals surface area contributed by atoms with Gasteiger partial charge in [0.25, 0.3) is 0 Å². The molecule has 18 heavy (non-hydrogen) atoms. The SMILES string of the molecule is CCCN(CC(=O)O)C(CC)c1ccc(F)cn1. The molecule has 1 atom stereocenters. The van der Waals surface area contributed by atoms with E-state index in [-0.39, 0.29) is 18.4 Å². The van der Waals surface area contributed by atoms with Crippen molar-refractivity contribution in [3.05, 3.63) is 29.8 Å². The summed E-state index contributed by atoms with van der Waals surface area (Å²) in [6.07, 6.45) is 2.78. The maximum absolute atomic E-state index is 12.8. The van der Waals surface area contributed by atoms with Gasteiger partial charge in [-0.25, -0.2) is 4.39 Å². The average Bonchev–Trinajstić information content (AvgIpc) is 2.32. The Labute approximate surface area is 106 Å². The van der Waals surface area contributed by atoms with Gasteiger partial charge in [-0.1, -0.05) is 13.8 Å². The number of carboxylic acid groups (broad SMARTS) is 1. The van der Waals surface area contributed by atoms with Gasteiger partial charge in [0.2, 0.25) is 0 Å². The molecule has 0 radical (unpaired) electrons. The topological polar surface area (TPSA) is 53.4 Å². The fourth-order valence-electron chi connectivity index (χ4n) is 2.04. The van der Waals surface area contributed by atoms with E-state index in [4.69, 9.17) is 5.11 Å². The molecule has 0 aliphatic carbocycles. The van der Waals surface area contributed by atoms with Crippen molar-refractivity contribution >= 4 is 5.97 Å². The van der Waals surface area contributed by atoms with Gasteiger partial charge < -0.3 is 5.11 Å². The number of nitrogens with zero attached hydrogens (tertiary/aromatic N) is 2. The van der Waals surface area contributed by atoms with Crippen LogP contribution in [0.15, 0.2) is 18.3 Å². The molecule has 0 spiro atoms. The number of carbonyl (C=O) groups is 1. The van der Waals surface area contributed by atoms with Crippen LogP contribution in [-0.4, -0.2) is 34.0 Å². The number of hydrogen-bond acceptors (Lipinski definition) is 3. The minimum Gasteiger partial charge on any atom is -0.480 e. The van der Waals surface area contributed by atoms with Crippen LogP contribution in [0.25, 0.3) is 0 Å². The average molecular weight is 254 g/mol. The summed E-state index contributed by atoms with van der Waals surface area (Å²) in [5, 5.41) is 8.92. The molecule has 1 aromatic heterocycles. The molecule has 5 heteroatoms. The van der Waals surface area contributed by atoms with Gasteiger partial charge in [0.1, 0.15) is 5.82 Å². The first-order chi connectivity index (χ1) is 8.58. The highest BCUT2D eigenvalue weighted by Gasteiger charge is 2.21. The summed E-state index contributed by atoms with van der Waals surface area (Å²) in [7, 11) is 0. The number of aromatic nitrogens is 1. The fourth-order valence-corrected chi connectivity index (χ4v) is 2.04. The second-order valence-corrected chi connectivity index (χ2v) is 4.19. The molecule has 0 bridgehead atoms. The van der Waals surface area contributed by atoms with Gasteiger partial charge in [0.05, 0.1) is 24.5 Å². The zero-order valence-corrected chi connectivity index (χ0v) is 10.8. The van der Waals surface area contributed by atoms with Crippen molar-refractivity contribution in [3.8, 4) is 0 Å². The lowest BCUT2D eigenvalue weighted by Gasteiger charge is -2.28. The van der Waals surface area contributed by atoms with Crippen molar-refractivity contribution in [1.29, 1.82) is 0 Å². The van der Waals surface area contributed by atoms with Crippen molar-refractivity contribution < 1.29 is 14.3 Å². The molecule has 0 amide bonds. The number of carboxylic acids is 1. The molecule has 0 saturated heterocycles. The van der Waals surface area contributed by atoms with E-state index in [1.165, 1.54) is 12.3 Å². The Morgan fingerprint density at radius 2 is 2.22 bits per heavy atom. The van der Waals surface area contributed by atoms with Crippen LogP contribution in [0.5, 0.6) is 0 Å². The summed E-state index contributed by atoms with van der Waals surface area (Å²) >= 11 is 0. The standard InChI is InChI=1S/C13H19FN2O2/c1-3-7-16(9-13(17)18)12(4-2)11-6-5-10(14)8-15-11/h5-6,8,12H,3-4,7,9H2,1-2H3,(H,17,18). The Morgan fingerprint density at radius 3 is 2.67 bits per heavy atom. The maximum Gasteiger partial charge on any atom is 0.317 e. The van der Waals surface area contributed by atoms with Crippen molar-refractivity contribution in [2.24, 2.45) is 0 Å². The van der Waals surface area contributed by atoms with Gasteiger partial charge in [-0.2, -0.15) is 0 Å². The summed E-state index contributed by atoms with van der Waals surface area (Å²) in [4.78, 5) is 16.8. The molecule has 0 aromatic carbocycles. The molecule has 1 unspecified atom stereocenters. The molecule has 1 aromatic rings. The third kappa shape index (κ3) is 4.07. The molecule has 0 saturated carbocycles. The molecule has 4 nitrogen and oxygen atoms in total. The Bertz CT molecular complexity index is 381. The lowest BCUT2D eigenvalue weighted by molar-refractivity contribution is -0.139. The van der Waals surface area contributed by atoms with E-state index >= 15 is 0 Å². The Kier molecular flexibility index (Phi) is 5.71. The van der Waals surface area contributed by atoms with Gasteiger partial charge in [-0.15, -0.1) is 0 Å². The van der Waals surface area contributed by atoms with Crippen molar-refractivity contribution in [2.75, 3.05) is 13.1 Å². The first kappa shape index (κ1) is 14.6. The molecular weight excluding hydrogens is 235 g/mol. The first-order valence-corrected chi connectivity index (χ1v) is 6.15. The third-order valence-electron chi connectivity index (χ3n) is 2.77. The van der Waals surface area contributed by atoms with Gasteiger partial charge in [-0.05, 0) is 31.5 Å². The van der Waals surface area contributed by atoms with E-state index in [9.17, 15) is 9.18 Å². The summed E-state index contributed by atoms with van der Waals surface area (Å²) in [6, 6.07) is 2.89. The molecule has 0 aliphatic rings. The van der Waals surface area contributed by atoms with Gasteiger partial charge in [-0.3, -0.25) is 14.7 Å². The van der Waals surface area contributed by atoms with Gasteiger partial charge >= 0.3 is 5.97 Å². The number of rotatable bonds is 7. The van der Waals surface area contributed by atoms with Crippen LogP contribution in [-0.2, 0) is 4.79 Å². The van der Waals surface area contributed by atoms with Crippen molar-refractivity contribution in [1.82, 2.24) is 9.88 Å². The highest BCUT2D eigenvalue weighted by molar-refractivity contribution is 5.69. The molecule has 1 N–H and O–H groups in total. The quantitative estimate of drug-likeness (QED) is 0.812. The normalized spacial score (nSPS) is 12.7. The zero-order chi connectivity index (χ0) is 13.5. The van der Waals surface area contributed by atoms with E-state index in [1.54, 1.807) is 6.07 Å². The molecule has 1 rings (SSSR count). The van der Waals surface area contributed by atoms with Crippen LogP contribution in [0.2, 0.25) is 0 Å². The Hall–Kier alpha value is -1.49. The third-order valence-corrected chi connectivity index (χ3v) is 2.77. The highest BCUT2D eigenvalue weighted by Crippen LogP contribution is 2.22. The van der Waals surface area contributed by atoms with Crippen molar-refractivity contribution in [2.45, 2.75) is 32.7 Å². The highest BCUT2D eigenvalue weighted by atomic mass is 19.1. The molecule has 0 aliphatic heterocycles. The summed E-state index contributed by atoms with van der Waals surface area (Å²) in [6.45, 7) is 4.63. The number of halogens is 1. The van der Waals surface area contributed by atoms with E-state index in [0.29, 0.717) is 12.2 Å². The largest absolute Gasteiger partial charge is 0.480 e. The number of hydrogen-bond donors (Lipinski definition) is 1. The van der Waals surface area contributed by atoms with Crippen LogP contribution in [0.1, 0.15) is 38.4 Å². The van der Waals surface area contributed by atoms with Crippen LogP contribution >= 0.6 is 0 Å². The summed E-state index contributed by atoms with van der Waals surface area (Å²) < 4.78 is 12.8. The summed E-state index contributed by atoms with van der Waals surface area (Å²) in [5.74, 6) is -1.24. The zero-order valence-electron chi connectivity index (χ0n) is 10.8. The monoisotopic (exact) mass is 254 g/mol. The van der Waals surface area contributed by atoms with Crippen molar-refractivity contribution in [3.63, 3.8) is 0 Å². The van der Waals surface area contributed by atoms with E-state index in [1.807, 2.05) is 18.7 Å². The first-order valence-electron chi connectivity index (χ1n) is 6.15. The second-order valence-electron chi connectivity index (χ2n) is 4.19. The van der Waals surface area contributed by atoms with Crippen LogP contribution < -0.4 is 0 Å². The maximum atomic E-state index is 12.8. The number of aliphatic carboxylic acids is 1. The second kappa shape index (κ2) is 7.06. The minimum atomic E-state index is -0.857. The molecule has 0 fully saturated rings. The number of pyridine rings is 1. The Morgan fingerprint density at radius 1 is 1.50 bits per heavy atom. The van der Waals surface area contributed by atoms with Crippen LogP contribution in [0.4, 0.5) is 4.39 Å². The van der Waals surface area contributed by atoms with Crippen LogP contribution in [0, 0.1) is 5.82 Å². The lowest BCUT2D eigenvalue weighted by Crippen LogP contribution is -2.34. The van der Waals surface area contributed by atoms with Gasteiger partial charge in [0, 0.05) is 0 Å². The van der Waals surface area contributed by atoms with E-state index in [2.05, 4.69) is 4.98 Å². The summed E-state index contributed by atoms with van der Waals surface area (Å²) in [5.41, 5.74) is 0.716. The molecular formula is C13H19FN2O2. The van der Waals surface area contributed by atoms with Crippen LogP contribution in [0.3, 0.4) is 0 Å². The lowest BCUT2D eigenvalue weighted by atomic mass is 10.1.